The predicted octanol–water partition coefficient (Wildman–Crippen LogP) is 6.75. The summed E-state index contributed by atoms with van der Waals surface area (Å²) in [5.74, 6) is 2.29. The molecule has 0 radical (unpaired) electrons. The van der Waals surface area contributed by atoms with Gasteiger partial charge in [-0.25, -0.2) is 0 Å². The van der Waals surface area contributed by atoms with Crippen LogP contribution in [-0.4, -0.2) is 29.4 Å². The fraction of sp³-hybridized carbons (Fsp3) is 0.769. The highest BCUT2D eigenvalue weighted by molar-refractivity contribution is 5.41. The summed E-state index contributed by atoms with van der Waals surface area (Å²) in [7, 11) is 0. The Bertz CT molecular complexity index is 668. The Morgan fingerprint density at radius 1 is 1.03 bits per heavy atom. The highest BCUT2D eigenvalue weighted by Gasteiger charge is 2.60. The molecule has 4 atom stereocenters. The second-order valence-electron chi connectivity index (χ2n) is 9.55. The predicted molar refractivity (Wildman–Crippen MR) is 121 cm³/mol. The van der Waals surface area contributed by atoms with Crippen molar-refractivity contribution in [2.75, 3.05) is 6.61 Å². The van der Waals surface area contributed by atoms with Crippen molar-refractivity contribution in [3.05, 3.63) is 29.8 Å². The third-order valence-electron chi connectivity index (χ3n) is 8.08. The van der Waals surface area contributed by atoms with E-state index in [-0.39, 0.29) is 11.0 Å². The summed E-state index contributed by atoms with van der Waals surface area (Å²) in [4.78, 5) is 6.84. The number of fused-ring (bicyclic) bond motifs is 1. The molecule has 0 N–H and O–H groups in total. The summed E-state index contributed by atoms with van der Waals surface area (Å²) in [6, 6.07) is 9.75. The van der Waals surface area contributed by atoms with Gasteiger partial charge in [0, 0.05) is 23.6 Å². The first-order valence-electron chi connectivity index (χ1n) is 12.1. The first-order chi connectivity index (χ1) is 13.9. The molecule has 29 heavy (non-hydrogen) atoms. The van der Waals surface area contributed by atoms with Crippen LogP contribution < -0.4 is 4.74 Å². The van der Waals surface area contributed by atoms with Gasteiger partial charge in [-0.05, 0) is 70.3 Å². The Morgan fingerprint density at radius 2 is 1.72 bits per heavy atom. The van der Waals surface area contributed by atoms with Gasteiger partial charge in [0.2, 0.25) is 0 Å². The average Bonchev–Trinajstić information content (AvgIpc) is 3.08. The molecule has 1 aliphatic carbocycles. The minimum absolute atomic E-state index is 0.0379. The van der Waals surface area contributed by atoms with E-state index in [4.69, 9.17) is 9.57 Å². The van der Waals surface area contributed by atoms with Crippen LogP contribution in [-0.2, 0) is 10.3 Å². The van der Waals surface area contributed by atoms with Gasteiger partial charge in [0.1, 0.15) is 5.75 Å². The number of para-hydroxylation sites is 1. The monoisotopic (exact) mass is 401 g/mol. The lowest BCUT2D eigenvalue weighted by Gasteiger charge is -2.50. The van der Waals surface area contributed by atoms with Crippen molar-refractivity contribution in [3.63, 3.8) is 0 Å². The molecule has 3 heteroatoms. The molecule has 1 aromatic carbocycles. The molecule has 164 valence electrons. The number of rotatable bonds is 8. The van der Waals surface area contributed by atoms with Crippen LogP contribution in [0.25, 0.3) is 0 Å². The summed E-state index contributed by atoms with van der Waals surface area (Å²) >= 11 is 0. The Balaban J connectivity index is 2.10. The summed E-state index contributed by atoms with van der Waals surface area (Å²) in [5, 5.41) is 2.39. The molecule has 1 heterocycles. The molecule has 4 unspecified atom stereocenters. The number of benzene rings is 1. The zero-order valence-corrected chi connectivity index (χ0v) is 19.8. The molecule has 1 saturated heterocycles. The number of nitrogens with zero attached hydrogens (tertiary/aromatic N) is 1. The van der Waals surface area contributed by atoms with Crippen LogP contribution in [0.5, 0.6) is 5.75 Å². The molecule has 0 aromatic heterocycles. The lowest BCUT2D eigenvalue weighted by Crippen LogP contribution is -2.52. The first kappa shape index (κ1) is 22.6. The van der Waals surface area contributed by atoms with Crippen molar-refractivity contribution >= 4 is 0 Å². The van der Waals surface area contributed by atoms with Gasteiger partial charge in [-0.15, -0.1) is 0 Å². The summed E-state index contributed by atoms with van der Waals surface area (Å²) in [6.45, 7) is 16.8. The van der Waals surface area contributed by atoms with Crippen LogP contribution in [0.3, 0.4) is 0 Å². The Morgan fingerprint density at radius 3 is 2.28 bits per heavy atom. The third kappa shape index (κ3) is 3.74. The Labute approximate surface area is 179 Å². The van der Waals surface area contributed by atoms with Crippen molar-refractivity contribution < 1.29 is 9.57 Å². The smallest absolute Gasteiger partial charge is 0.123 e. The summed E-state index contributed by atoms with van der Waals surface area (Å²) < 4.78 is 6.12. The van der Waals surface area contributed by atoms with E-state index >= 15 is 0 Å². The minimum Gasteiger partial charge on any atom is -0.494 e. The second kappa shape index (κ2) is 8.98. The maximum atomic E-state index is 6.84. The van der Waals surface area contributed by atoms with E-state index in [1.54, 1.807) is 0 Å². The van der Waals surface area contributed by atoms with Crippen LogP contribution in [0, 0.1) is 11.8 Å². The number of ether oxygens (including phenoxy) is 1. The zero-order valence-electron chi connectivity index (χ0n) is 19.8. The van der Waals surface area contributed by atoms with E-state index in [0.29, 0.717) is 23.9 Å². The summed E-state index contributed by atoms with van der Waals surface area (Å²) in [6.07, 6.45) is 6.94. The van der Waals surface area contributed by atoms with Crippen LogP contribution in [0.2, 0.25) is 0 Å². The minimum atomic E-state index is -0.0379. The molecule has 0 amide bonds. The fourth-order valence-corrected chi connectivity index (χ4v) is 6.42. The maximum absolute atomic E-state index is 6.84. The van der Waals surface area contributed by atoms with Gasteiger partial charge in [0.15, 0.2) is 0 Å². The van der Waals surface area contributed by atoms with Gasteiger partial charge < -0.3 is 4.74 Å². The molecule has 3 rings (SSSR count). The summed E-state index contributed by atoms with van der Waals surface area (Å²) in [5.41, 5.74) is 1.55. The molecule has 2 aliphatic rings. The van der Waals surface area contributed by atoms with Gasteiger partial charge in [0.25, 0.3) is 0 Å². The van der Waals surface area contributed by atoms with Crippen molar-refractivity contribution in [2.24, 2.45) is 11.8 Å². The molecule has 0 bridgehead atoms. The quantitative estimate of drug-likeness (QED) is 0.481. The highest BCUT2D eigenvalue weighted by Crippen LogP contribution is 2.58. The zero-order chi connectivity index (χ0) is 21.2. The largest absolute Gasteiger partial charge is 0.494 e. The van der Waals surface area contributed by atoms with Gasteiger partial charge >= 0.3 is 0 Å². The lowest BCUT2D eigenvalue weighted by atomic mass is 9.55. The molecule has 1 aliphatic heterocycles. The van der Waals surface area contributed by atoms with Gasteiger partial charge in [-0.1, -0.05) is 52.3 Å². The standard InChI is InChI=1S/C26H43NO2/c1-8-20-17-25(9-2,21-15-13-14-16-23(21)28-12-5)18-22-24(20)27(19(6)7)29-26(22,10-3)11-4/h13-16,19-20,22,24H,8-12,17-18H2,1-7H3. The second-order valence-corrected chi connectivity index (χ2v) is 9.55. The Kier molecular flexibility index (Phi) is 7.00. The molecule has 0 spiro atoms. The van der Waals surface area contributed by atoms with Gasteiger partial charge in [0.05, 0.1) is 12.2 Å². The topological polar surface area (TPSA) is 21.7 Å². The van der Waals surface area contributed by atoms with Gasteiger partial charge in [-0.3, -0.25) is 4.84 Å². The molecule has 1 saturated carbocycles. The molecular weight excluding hydrogens is 358 g/mol. The van der Waals surface area contributed by atoms with Crippen molar-refractivity contribution in [1.29, 1.82) is 0 Å². The van der Waals surface area contributed by atoms with Crippen molar-refractivity contribution in [2.45, 2.75) is 110 Å². The molecule has 3 nitrogen and oxygen atoms in total. The van der Waals surface area contributed by atoms with Gasteiger partial charge in [-0.2, -0.15) is 5.06 Å². The SMILES string of the molecule is CCOc1ccccc1C1(CC)CC(CC)C2C(C1)C(CC)(CC)ON2C(C)C. The maximum Gasteiger partial charge on any atom is 0.123 e. The third-order valence-corrected chi connectivity index (χ3v) is 8.08. The van der Waals surface area contributed by atoms with Crippen molar-refractivity contribution in [3.8, 4) is 5.75 Å². The van der Waals surface area contributed by atoms with Crippen molar-refractivity contribution in [1.82, 2.24) is 5.06 Å². The van der Waals surface area contributed by atoms with Crippen LogP contribution in [0.1, 0.15) is 92.6 Å². The number of hydrogen-bond acceptors (Lipinski definition) is 3. The molecular formula is C26H43NO2. The number of hydroxylamine groups is 2. The Hall–Kier alpha value is -1.06. The first-order valence-corrected chi connectivity index (χ1v) is 12.1. The van der Waals surface area contributed by atoms with E-state index in [1.165, 1.54) is 24.8 Å². The molecule has 2 fully saturated rings. The normalized spacial score (nSPS) is 31.8. The van der Waals surface area contributed by atoms with Crippen LogP contribution in [0.4, 0.5) is 0 Å². The molecule has 1 aromatic rings. The fourth-order valence-electron chi connectivity index (χ4n) is 6.42. The highest BCUT2D eigenvalue weighted by atomic mass is 16.7. The average molecular weight is 402 g/mol. The lowest BCUT2D eigenvalue weighted by molar-refractivity contribution is -0.229. The van der Waals surface area contributed by atoms with Crippen LogP contribution in [0.15, 0.2) is 24.3 Å². The van der Waals surface area contributed by atoms with E-state index in [0.717, 1.165) is 31.6 Å². The van der Waals surface area contributed by atoms with E-state index < -0.39 is 0 Å². The van der Waals surface area contributed by atoms with E-state index in [9.17, 15) is 0 Å². The van der Waals surface area contributed by atoms with E-state index in [2.05, 4.69) is 77.8 Å². The number of hydrogen-bond donors (Lipinski definition) is 0. The van der Waals surface area contributed by atoms with E-state index in [1.807, 2.05) is 0 Å². The van der Waals surface area contributed by atoms with Crippen LogP contribution >= 0.6 is 0 Å².